The van der Waals surface area contributed by atoms with Crippen LogP contribution in [0.15, 0.2) is 42.7 Å². The molecule has 81 valence electrons. The summed E-state index contributed by atoms with van der Waals surface area (Å²) in [5.41, 5.74) is 2.28. The third-order valence-corrected chi connectivity index (χ3v) is 2.28. The van der Waals surface area contributed by atoms with Crippen molar-refractivity contribution < 1.29 is 0 Å². The van der Waals surface area contributed by atoms with Gasteiger partial charge in [-0.2, -0.15) is 0 Å². The van der Waals surface area contributed by atoms with Crippen LogP contribution in [-0.4, -0.2) is 16.5 Å². The van der Waals surface area contributed by atoms with Gasteiger partial charge >= 0.3 is 0 Å². The predicted octanol–water partition coefficient (Wildman–Crippen LogP) is 2.07. The van der Waals surface area contributed by atoms with E-state index in [1.54, 1.807) is 12.4 Å². The first-order valence-electron chi connectivity index (χ1n) is 5.26. The fraction of sp³-hybridized carbons (Fsp3) is 0.154. The van der Waals surface area contributed by atoms with Crippen LogP contribution in [0, 0.1) is 6.92 Å². The molecule has 2 aromatic rings. The van der Waals surface area contributed by atoms with Crippen molar-refractivity contribution in [2.45, 2.75) is 6.54 Å². The minimum atomic E-state index is 0.740. The van der Waals surface area contributed by atoms with Crippen LogP contribution in [0.1, 0.15) is 5.56 Å². The Morgan fingerprint density at radius 2 is 1.75 bits per heavy atom. The van der Waals surface area contributed by atoms with Crippen molar-refractivity contribution in [2.75, 3.05) is 6.54 Å². The third-order valence-electron chi connectivity index (χ3n) is 2.28. The van der Waals surface area contributed by atoms with Gasteiger partial charge in [0.25, 0.3) is 0 Å². The quantitative estimate of drug-likeness (QED) is 0.843. The molecule has 0 saturated carbocycles. The lowest BCUT2D eigenvalue weighted by Crippen LogP contribution is -2.11. The van der Waals surface area contributed by atoms with Crippen LogP contribution in [0.5, 0.6) is 0 Å². The van der Waals surface area contributed by atoms with Gasteiger partial charge in [-0.25, -0.2) is 9.97 Å². The van der Waals surface area contributed by atoms with Gasteiger partial charge in [0, 0.05) is 24.5 Å². The van der Waals surface area contributed by atoms with Crippen molar-refractivity contribution in [3.63, 3.8) is 0 Å². The normalized spacial score (nSPS) is 10.3. The highest BCUT2D eigenvalue weighted by Crippen LogP contribution is 2.14. The van der Waals surface area contributed by atoms with Gasteiger partial charge in [-0.3, -0.25) is 0 Å². The molecule has 0 unspecified atom stereocenters. The van der Waals surface area contributed by atoms with Gasteiger partial charge in [0.15, 0.2) is 5.82 Å². The minimum absolute atomic E-state index is 0.740. The number of benzene rings is 1. The summed E-state index contributed by atoms with van der Waals surface area (Å²) in [5, 5.41) is 3.18. The van der Waals surface area contributed by atoms with E-state index in [-0.39, 0.29) is 0 Å². The molecule has 0 amide bonds. The van der Waals surface area contributed by atoms with Crippen LogP contribution >= 0.6 is 0 Å². The Morgan fingerprint density at radius 1 is 1.06 bits per heavy atom. The third kappa shape index (κ3) is 2.64. The Morgan fingerprint density at radius 3 is 2.38 bits per heavy atom. The topological polar surface area (TPSA) is 37.8 Å². The zero-order valence-corrected chi connectivity index (χ0v) is 9.06. The fourth-order valence-electron chi connectivity index (χ4n) is 1.45. The number of hydrogen-bond acceptors (Lipinski definition) is 3. The van der Waals surface area contributed by atoms with E-state index in [0.717, 1.165) is 24.5 Å². The van der Waals surface area contributed by atoms with Crippen molar-refractivity contribution in [2.24, 2.45) is 0 Å². The smallest absolute Gasteiger partial charge is 0.159 e. The van der Waals surface area contributed by atoms with Gasteiger partial charge in [0.05, 0.1) is 0 Å². The predicted molar refractivity (Wildman–Crippen MR) is 64.5 cm³/mol. The van der Waals surface area contributed by atoms with Gasteiger partial charge in [-0.15, -0.1) is 0 Å². The summed E-state index contributed by atoms with van der Waals surface area (Å²) in [4.78, 5) is 8.41. The van der Waals surface area contributed by atoms with Crippen LogP contribution in [0.2, 0.25) is 0 Å². The average molecular weight is 212 g/mol. The van der Waals surface area contributed by atoms with Crippen molar-refractivity contribution in [1.82, 2.24) is 15.3 Å². The molecule has 0 spiro atoms. The maximum atomic E-state index is 4.20. The first-order chi connectivity index (χ1) is 7.90. The molecule has 3 nitrogen and oxygen atoms in total. The summed E-state index contributed by atoms with van der Waals surface area (Å²) in [7, 11) is 0. The molecule has 0 aliphatic heterocycles. The summed E-state index contributed by atoms with van der Waals surface area (Å²) in [6, 6.07) is 10.0. The maximum absolute atomic E-state index is 4.20. The molecular weight excluding hydrogens is 198 g/mol. The van der Waals surface area contributed by atoms with Gasteiger partial charge < -0.3 is 5.32 Å². The van der Waals surface area contributed by atoms with Gasteiger partial charge in [0.2, 0.25) is 0 Å². The molecule has 16 heavy (non-hydrogen) atoms. The van der Waals surface area contributed by atoms with Crippen molar-refractivity contribution >= 4 is 0 Å². The van der Waals surface area contributed by atoms with Crippen LogP contribution in [0.4, 0.5) is 0 Å². The second-order valence-corrected chi connectivity index (χ2v) is 3.45. The van der Waals surface area contributed by atoms with Crippen LogP contribution in [-0.2, 0) is 6.54 Å². The molecule has 0 saturated heterocycles. The number of aromatic nitrogens is 2. The van der Waals surface area contributed by atoms with E-state index in [2.05, 4.69) is 34.3 Å². The second-order valence-electron chi connectivity index (χ2n) is 3.45. The number of nitrogens with zero attached hydrogens (tertiary/aromatic N) is 2. The van der Waals surface area contributed by atoms with Crippen molar-refractivity contribution in [3.05, 3.63) is 55.2 Å². The number of hydrogen-bond donors (Lipinski definition) is 1. The Hall–Kier alpha value is -1.74. The highest BCUT2D eigenvalue weighted by atomic mass is 14.9. The lowest BCUT2D eigenvalue weighted by Gasteiger charge is -2.03. The standard InChI is InChI=1S/C13H14N3/c1-2-14-10-11-4-6-12(7-5-11)13-15-8-3-9-16-13/h3-9,14H,1-2,10H2. The Balaban J connectivity index is 2.13. The zero-order chi connectivity index (χ0) is 11.2. The fourth-order valence-corrected chi connectivity index (χ4v) is 1.45. The zero-order valence-electron chi connectivity index (χ0n) is 9.06. The monoisotopic (exact) mass is 212 g/mol. The molecule has 0 atom stereocenters. The van der Waals surface area contributed by atoms with E-state index in [1.807, 2.05) is 18.2 Å². The lowest BCUT2D eigenvalue weighted by molar-refractivity contribution is 0.758. The van der Waals surface area contributed by atoms with E-state index >= 15 is 0 Å². The molecule has 2 rings (SSSR count). The van der Waals surface area contributed by atoms with Crippen molar-refractivity contribution in [3.8, 4) is 11.4 Å². The van der Waals surface area contributed by atoms with E-state index in [1.165, 1.54) is 5.56 Å². The molecule has 1 heterocycles. The molecule has 0 aliphatic rings. The molecule has 1 aromatic carbocycles. The lowest BCUT2D eigenvalue weighted by atomic mass is 10.1. The van der Waals surface area contributed by atoms with Crippen LogP contribution in [0.3, 0.4) is 0 Å². The molecule has 1 N–H and O–H groups in total. The summed E-state index contributed by atoms with van der Waals surface area (Å²) < 4.78 is 0. The Kier molecular flexibility index (Phi) is 3.62. The van der Waals surface area contributed by atoms with Gasteiger partial charge in [-0.05, 0) is 25.1 Å². The van der Waals surface area contributed by atoms with Crippen molar-refractivity contribution in [1.29, 1.82) is 0 Å². The minimum Gasteiger partial charge on any atom is -0.313 e. The molecular formula is C13H14N3. The molecule has 1 aromatic heterocycles. The number of nitrogens with one attached hydrogen (secondary N) is 1. The van der Waals surface area contributed by atoms with E-state index in [4.69, 9.17) is 0 Å². The van der Waals surface area contributed by atoms with Gasteiger partial charge in [0.1, 0.15) is 0 Å². The summed E-state index contributed by atoms with van der Waals surface area (Å²) in [6.07, 6.45) is 3.50. The van der Waals surface area contributed by atoms with E-state index in [9.17, 15) is 0 Å². The average Bonchev–Trinajstić information content (AvgIpc) is 2.38. The second kappa shape index (κ2) is 5.37. The molecule has 0 aliphatic carbocycles. The molecule has 3 heteroatoms. The molecule has 0 bridgehead atoms. The number of rotatable bonds is 4. The van der Waals surface area contributed by atoms with Gasteiger partial charge in [-0.1, -0.05) is 24.3 Å². The Labute approximate surface area is 95.6 Å². The highest BCUT2D eigenvalue weighted by Gasteiger charge is 1.99. The molecule has 1 radical (unpaired) electrons. The first-order valence-corrected chi connectivity index (χ1v) is 5.26. The summed E-state index contributed by atoms with van der Waals surface area (Å²) >= 11 is 0. The largest absolute Gasteiger partial charge is 0.313 e. The highest BCUT2D eigenvalue weighted by molar-refractivity contribution is 5.54. The maximum Gasteiger partial charge on any atom is 0.159 e. The van der Waals surface area contributed by atoms with E-state index in [0.29, 0.717) is 0 Å². The molecule has 0 fully saturated rings. The first kappa shape index (κ1) is 10.8. The van der Waals surface area contributed by atoms with Crippen LogP contribution < -0.4 is 5.32 Å². The Bertz CT molecular complexity index is 423. The summed E-state index contributed by atoms with van der Waals surface area (Å²) in [6.45, 7) is 5.32. The van der Waals surface area contributed by atoms with E-state index < -0.39 is 0 Å². The summed E-state index contributed by atoms with van der Waals surface area (Å²) in [5.74, 6) is 0.763. The van der Waals surface area contributed by atoms with Crippen LogP contribution in [0.25, 0.3) is 11.4 Å². The SMILES string of the molecule is [CH2]CNCc1ccc(-c2ncccn2)cc1.